The van der Waals surface area contributed by atoms with E-state index in [0.29, 0.717) is 18.8 Å². The third-order valence-electron chi connectivity index (χ3n) is 2.54. The first-order valence-electron chi connectivity index (χ1n) is 5.37. The molecule has 0 bridgehead atoms. The molecule has 92 valence electrons. The van der Waals surface area contributed by atoms with Crippen LogP contribution >= 0.6 is 11.8 Å². The lowest BCUT2D eigenvalue weighted by Gasteiger charge is -2.13. The molecule has 0 aromatic heterocycles. The molecule has 3 N–H and O–H groups in total. The monoisotopic (exact) mass is 255 g/mol. The molecule has 0 saturated carbocycles. The van der Waals surface area contributed by atoms with E-state index in [1.165, 1.54) is 23.9 Å². The van der Waals surface area contributed by atoms with Gasteiger partial charge in [0.15, 0.2) is 0 Å². The number of carbonyl (C=O) groups is 1. The Morgan fingerprint density at radius 1 is 1.53 bits per heavy atom. The summed E-state index contributed by atoms with van der Waals surface area (Å²) in [6, 6.07) is 4.35. The maximum atomic E-state index is 12.8. The summed E-state index contributed by atoms with van der Waals surface area (Å²) in [6.07, 6.45) is 0. The number of carbonyl (C=O) groups excluding carboxylic acids is 1. The predicted molar refractivity (Wildman–Crippen MR) is 66.5 cm³/mol. The molecule has 1 aromatic rings. The van der Waals surface area contributed by atoms with Crippen LogP contribution in [0.5, 0.6) is 0 Å². The molecule has 1 heterocycles. The number of benzene rings is 1. The van der Waals surface area contributed by atoms with Crippen LogP contribution in [0, 0.1) is 5.82 Å². The summed E-state index contributed by atoms with van der Waals surface area (Å²) in [4.78, 5) is 13.9. The minimum absolute atomic E-state index is 0.0160. The molecule has 1 aromatic carbocycles. The van der Waals surface area contributed by atoms with Gasteiger partial charge in [-0.25, -0.2) is 9.18 Å². The molecule has 6 heteroatoms. The van der Waals surface area contributed by atoms with Crippen LogP contribution in [0.15, 0.2) is 23.1 Å². The van der Waals surface area contributed by atoms with Gasteiger partial charge in [0.25, 0.3) is 0 Å². The van der Waals surface area contributed by atoms with E-state index in [4.69, 9.17) is 5.73 Å². The number of halogens is 1. The highest BCUT2D eigenvalue weighted by Gasteiger charge is 2.18. The summed E-state index contributed by atoms with van der Waals surface area (Å²) >= 11 is 1.53. The third-order valence-corrected chi connectivity index (χ3v) is 3.61. The van der Waals surface area contributed by atoms with Crippen LogP contribution in [0.3, 0.4) is 0 Å². The molecule has 1 fully saturated rings. The summed E-state index contributed by atoms with van der Waals surface area (Å²) in [7, 11) is 0. The topological polar surface area (TPSA) is 58.4 Å². The van der Waals surface area contributed by atoms with Crippen LogP contribution in [0.25, 0.3) is 0 Å². The van der Waals surface area contributed by atoms with E-state index in [9.17, 15) is 9.18 Å². The molecular weight excluding hydrogens is 241 g/mol. The van der Waals surface area contributed by atoms with Crippen molar-refractivity contribution in [3.05, 3.63) is 24.0 Å². The van der Waals surface area contributed by atoms with Gasteiger partial charge in [-0.1, -0.05) is 0 Å². The fourth-order valence-electron chi connectivity index (χ4n) is 1.64. The van der Waals surface area contributed by atoms with Crippen LogP contribution in [0.1, 0.15) is 0 Å². The molecule has 4 nitrogen and oxygen atoms in total. The van der Waals surface area contributed by atoms with Crippen molar-refractivity contribution in [2.24, 2.45) is 0 Å². The zero-order chi connectivity index (χ0) is 12.3. The molecule has 1 saturated heterocycles. The van der Waals surface area contributed by atoms with E-state index in [-0.39, 0.29) is 11.8 Å². The number of thioether (sulfide) groups is 1. The highest BCUT2D eigenvalue weighted by atomic mass is 32.2. The first kappa shape index (κ1) is 12.0. The Morgan fingerprint density at radius 3 is 3.00 bits per heavy atom. The summed E-state index contributed by atoms with van der Waals surface area (Å²) in [5.74, 6) is 0.425. The van der Waals surface area contributed by atoms with Gasteiger partial charge in [-0.05, 0) is 18.2 Å². The second kappa shape index (κ2) is 5.27. The van der Waals surface area contributed by atoms with Crippen LogP contribution in [0.4, 0.5) is 14.9 Å². The van der Waals surface area contributed by atoms with E-state index in [1.54, 1.807) is 11.0 Å². The van der Waals surface area contributed by atoms with Crippen molar-refractivity contribution in [1.29, 1.82) is 0 Å². The second-order valence-corrected chi connectivity index (χ2v) is 4.89. The van der Waals surface area contributed by atoms with E-state index in [2.05, 4.69) is 5.32 Å². The van der Waals surface area contributed by atoms with Crippen molar-refractivity contribution in [3.63, 3.8) is 0 Å². The number of anilines is 1. The lowest BCUT2D eigenvalue weighted by Crippen LogP contribution is -2.30. The van der Waals surface area contributed by atoms with Crippen LogP contribution in [-0.2, 0) is 0 Å². The lowest BCUT2D eigenvalue weighted by atomic mass is 10.3. The summed E-state index contributed by atoms with van der Waals surface area (Å²) in [6.45, 7) is 2.13. The molecule has 2 rings (SSSR count). The average Bonchev–Trinajstić information content (AvgIpc) is 2.68. The maximum Gasteiger partial charge on any atom is 0.317 e. The number of nitrogens with zero attached hydrogens (tertiary/aromatic N) is 1. The standard InChI is InChI=1S/C11H14FN3OS/c12-8-1-2-10(9(13)7-8)17-6-5-15-4-3-14-11(15)16/h1-2,7H,3-6,13H2,(H,14,16). The first-order valence-corrected chi connectivity index (χ1v) is 6.36. The minimum atomic E-state index is -0.328. The Kier molecular flexibility index (Phi) is 3.73. The molecule has 0 unspecified atom stereocenters. The minimum Gasteiger partial charge on any atom is -0.398 e. The number of rotatable bonds is 4. The summed E-state index contributed by atoms with van der Waals surface area (Å²) in [5, 5.41) is 2.74. The average molecular weight is 255 g/mol. The van der Waals surface area contributed by atoms with E-state index in [0.717, 1.165) is 17.2 Å². The maximum absolute atomic E-state index is 12.8. The van der Waals surface area contributed by atoms with Gasteiger partial charge in [0.1, 0.15) is 5.82 Å². The number of nitrogen functional groups attached to an aromatic ring is 1. The summed E-state index contributed by atoms with van der Waals surface area (Å²) < 4.78 is 12.8. The number of hydrogen-bond donors (Lipinski definition) is 2. The third kappa shape index (κ3) is 3.03. The normalized spacial score (nSPS) is 15.1. The van der Waals surface area contributed by atoms with Gasteiger partial charge in [0.2, 0.25) is 0 Å². The van der Waals surface area contributed by atoms with Gasteiger partial charge in [-0.15, -0.1) is 11.8 Å². The summed E-state index contributed by atoms with van der Waals surface area (Å²) in [5.41, 5.74) is 6.13. The molecule has 2 amide bonds. The van der Waals surface area contributed by atoms with Crippen molar-refractivity contribution in [1.82, 2.24) is 10.2 Å². The van der Waals surface area contributed by atoms with Gasteiger partial charge in [-0.3, -0.25) is 0 Å². The van der Waals surface area contributed by atoms with Crippen molar-refractivity contribution in [2.75, 3.05) is 31.1 Å². The molecule has 17 heavy (non-hydrogen) atoms. The lowest BCUT2D eigenvalue weighted by molar-refractivity contribution is 0.220. The first-order chi connectivity index (χ1) is 8.16. The number of amides is 2. The number of nitrogens with two attached hydrogens (primary N) is 1. The Morgan fingerprint density at radius 2 is 2.35 bits per heavy atom. The molecule has 1 aliphatic heterocycles. The Bertz CT molecular complexity index is 427. The molecule has 0 atom stereocenters. The van der Waals surface area contributed by atoms with Crippen LogP contribution < -0.4 is 11.1 Å². The van der Waals surface area contributed by atoms with Gasteiger partial charge >= 0.3 is 6.03 Å². The highest BCUT2D eigenvalue weighted by molar-refractivity contribution is 7.99. The van der Waals surface area contributed by atoms with Crippen molar-refractivity contribution >= 4 is 23.5 Å². The smallest absolute Gasteiger partial charge is 0.317 e. The molecule has 0 aliphatic carbocycles. The van der Waals surface area contributed by atoms with Gasteiger partial charge < -0.3 is 16.0 Å². The molecular formula is C11H14FN3OS. The van der Waals surface area contributed by atoms with Crippen molar-refractivity contribution < 1.29 is 9.18 Å². The molecule has 0 spiro atoms. The SMILES string of the molecule is Nc1cc(F)ccc1SCCN1CCNC1=O. The zero-order valence-electron chi connectivity index (χ0n) is 9.28. The molecule has 0 radical (unpaired) electrons. The fraction of sp³-hybridized carbons (Fsp3) is 0.364. The highest BCUT2D eigenvalue weighted by Crippen LogP contribution is 2.25. The van der Waals surface area contributed by atoms with Crippen molar-refractivity contribution in [3.8, 4) is 0 Å². The second-order valence-electron chi connectivity index (χ2n) is 3.75. The van der Waals surface area contributed by atoms with Crippen LogP contribution in [0.2, 0.25) is 0 Å². The zero-order valence-corrected chi connectivity index (χ0v) is 10.1. The largest absolute Gasteiger partial charge is 0.398 e. The van der Waals surface area contributed by atoms with Gasteiger partial charge in [0, 0.05) is 36.0 Å². The number of hydrogen-bond acceptors (Lipinski definition) is 3. The predicted octanol–water partition coefficient (Wildman–Crippen LogP) is 1.53. The van der Waals surface area contributed by atoms with Gasteiger partial charge in [0.05, 0.1) is 0 Å². The van der Waals surface area contributed by atoms with Gasteiger partial charge in [-0.2, -0.15) is 0 Å². The molecule has 1 aliphatic rings. The van der Waals surface area contributed by atoms with E-state index >= 15 is 0 Å². The number of urea groups is 1. The Labute approximate surface area is 103 Å². The van der Waals surface area contributed by atoms with E-state index in [1.807, 2.05) is 0 Å². The Balaban J connectivity index is 1.83. The van der Waals surface area contributed by atoms with Crippen molar-refractivity contribution in [2.45, 2.75) is 4.90 Å². The van der Waals surface area contributed by atoms with Crippen LogP contribution in [-0.4, -0.2) is 36.3 Å². The fourth-order valence-corrected chi connectivity index (χ4v) is 2.56. The van der Waals surface area contributed by atoms with E-state index < -0.39 is 0 Å². The number of nitrogens with one attached hydrogen (secondary N) is 1. The quantitative estimate of drug-likeness (QED) is 0.633. The Hall–Kier alpha value is -1.43.